The van der Waals surface area contributed by atoms with Gasteiger partial charge in [0.05, 0.1) is 12.4 Å². The first-order valence-electron chi connectivity index (χ1n) is 5.43. The van der Waals surface area contributed by atoms with Gasteiger partial charge in [-0.15, -0.1) is 10.2 Å². The first-order valence-corrected chi connectivity index (χ1v) is 8.29. The number of aromatic nitrogens is 4. The van der Waals surface area contributed by atoms with E-state index in [1.807, 2.05) is 6.26 Å². The normalized spacial score (nSPS) is 10.6. The van der Waals surface area contributed by atoms with Crippen molar-refractivity contribution in [3.05, 3.63) is 12.4 Å². The number of nitrogens with one attached hydrogen (secondary N) is 1. The van der Waals surface area contributed by atoms with E-state index in [1.165, 1.54) is 11.8 Å². The molecule has 0 fully saturated rings. The molecule has 2 aromatic rings. The molecule has 0 saturated carbocycles. The molecule has 0 unspecified atom stereocenters. The summed E-state index contributed by atoms with van der Waals surface area (Å²) < 4.78 is 1.85. The van der Waals surface area contributed by atoms with Gasteiger partial charge in [0.15, 0.2) is 8.68 Å². The predicted molar refractivity (Wildman–Crippen MR) is 76.6 cm³/mol. The van der Waals surface area contributed by atoms with Crippen molar-refractivity contribution >= 4 is 40.7 Å². The van der Waals surface area contributed by atoms with E-state index < -0.39 is 0 Å². The van der Waals surface area contributed by atoms with Crippen LogP contribution >= 0.6 is 34.9 Å². The maximum Gasteiger partial charge on any atom is 0.181 e. The zero-order valence-electron chi connectivity index (χ0n) is 10.1. The van der Waals surface area contributed by atoms with Gasteiger partial charge in [-0.2, -0.15) is 0 Å². The molecule has 0 aliphatic carbocycles. The number of hydrogen-bond donors (Lipinski definition) is 1. The molecule has 0 saturated heterocycles. The molecule has 0 aliphatic heterocycles. The third-order valence-corrected chi connectivity index (χ3v) is 4.78. The molecule has 18 heavy (non-hydrogen) atoms. The van der Waals surface area contributed by atoms with Gasteiger partial charge in [0.2, 0.25) is 0 Å². The van der Waals surface area contributed by atoms with Crippen molar-refractivity contribution in [1.29, 1.82) is 0 Å². The third kappa shape index (κ3) is 3.82. The Morgan fingerprint density at radius 1 is 1.28 bits per heavy atom. The highest BCUT2D eigenvalue weighted by molar-refractivity contribution is 8.02. The molecular weight excluding hydrogens is 286 g/mol. The minimum atomic E-state index is 0.802. The average molecular weight is 299 g/mol. The van der Waals surface area contributed by atoms with Crippen molar-refractivity contribution < 1.29 is 0 Å². The summed E-state index contributed by atoms with van der Waals surface area (Å²) in [7, 11) is 0. The SMILES string of the molecule is CCCNc1cncc(Sc2nnc(SC)s2)n1. The first-order chi connectivity index (χ1) is 8.81. The summed E-state index contributed by atoms with van der Waals surface area (Å²) in [4.78, 5) is 8.63. The molecule has 8 heteroatoms. The van der Waals surface area contributed by atoms with E-state index in [1.54, 1.807) is 35.5 Å². The molecule has 0 spiro atoms. The highest BCUT2D eigenvalue weighted by Crippen LogP contribution is 2.31. The number of rotatable bonds is 6. The Kier molecular flexibility index (Phi) is 5.21. The number of anilines is 1. The van der Waals surface area contributed by atoms with Crippen molar-refractivity contribution in [2.75, 3.05) is 18.1 Å². The van der Waals surface area contributed by atoms with Gasteiger partial charge in [-0.1, -0.05) is 30.0 Å². The fraction of sp³-hybridized carbons (Fsp3) is 0.400. The summed E-state index contributed by atoms with van der Waals surface area (Å²) in [5.41, 5.74) is 0. The summed E-state index contributed by atoms with van der Waals surface area (Å²) >= 11 is 4.65. The van der Waals surface area contributed by atoms with Gasteiger partial charge in [0.25, 0.3) is 0 Å². The summed E-state index contributed by atoms with van der Waals surface area (Å²) in [6.45, 7) is 3.02. The van der Waals surface area contributed by atoms with Crippen LogP contribution in [-0.2, 0) is 0 Å². The quantitative estimate of drug-likeness (QED) is 0.822. The lowest BCUT2D eigenvalue weighted by molar-refractivity contribution is 0.940. The minimum Gasteiger partial charge on any atom is -0.369 e. The zero-order valence-corrected chi connectivity index (χ0v) is 12.5. The molecule has 96 valence electrons. The fourth-order valence-electron chi connectivity index (χ4n) is 1.15. The van der Waals surface area contributed by atoms with Gasteiger partial charge in [-0.25, -0.2) is 4.98 Å². The Hall–Kier alpha value is -0.860. The van der Waals surface area contributed by atoms with Crippen LogP contribution in [0.15, 0.2) is 26.1 Å². The number of nitrogens with zero attached hydrogens (tertiary/aromatic N) is 4. The van der Waals surface area contributed by atoms with E-state index in [2.05, 4.69) is 32.4 Å². The second-order valence-electron chi connectivity index (χ2n) is 3.31. The lowest BCUT2D eigenvalue weighted by Gasteiger charge is -2.03. The van der Waals surface area contributed by atoms with Gasteiger partial charge in [0, 0.05) is 6.54 Å². The predicted octanol–water partition coefficient (Wildman–Crippen LogP) is 3.02. The van der Waals surface area contributed by atoms with Crippen molar-refractivity contribution in [2.24, 2.45) is 0 Å². The van der Waals surface area contributed by atoms with Crippen molar-refractivity contribution in [2.45, 2.75) is 27.0 Å². The standard InChI is InChI=1S/C10H13N5S3/c1-3-4-12-7-5-11-6-8(13-7)17-10-15-14-9(16-2)18-10/h5-6H,3-4H2,1-2H3,(H,12,13). The maximum atomic E-state index is 4.46. The third-order valence-electron chi connectivity index (χ3n) is 1.92. The van der Waals surface area contributed by atoms with Gasteiger partial charge in [-0.3, -0.25) is 4.98 Å². The molecule has 0 aliphatic rings. The second kappa shape index (κ2) is 6.91. The van der Waals surface area contributed by atoms with E-state index in [0.717, 1.165) is 32.5 Å². The summed E-state index contributed by atoms with van der Waals surface area (Å²) in [5, 5.41) is 12.2. The van der Waals surface area contributed by atoms with Gasteiger partial charge in [-0.05, 0) is 24.4 Å². The Balaban J connectivity index is 2.04. The van der Waals surface area contributed by atoms with Crippen LogP contribution in [0.2, 0.25) is 0 Å². The fourth-order valence-corrected chi connectivity index (χ4v) is 3.49. The Bertz CT molecular complexity index is 502. The van der Waals surface area contributed by atoms with E-state index in [0.29, 0.717) is 0 Å². The maximum absolute atomic E-state index is 4.46. The molecule has 2 aromatic heterocycles. The van der Waals surface area contributed by atoms with E-state index >= 15 is 0 Å². The molecule has 5 nitrogen and oxygen atoms in total. The first kappa shape index (κ1) is 13.6. The molecule has 0 aromatic carbocycles. The van der Waals surface area contributed by atoms with Gasteiger partial charge >= 0.3 is 0 Å². The molecule has 2 rings (SSSR count). The van der Waals surface area contributed by atoms with Crippen molar-refractivity contribution in [1.82, 2.24) is 20.2 Å². The second-order valence-corrected chi connectivity index (χ2v) is 6.61. The van der Waals surface area contributed by atoms with Crippen LogP contribution < -0.4 is 5.32 Å². The summed E-state index contributed by atoms with van der Waals surface area (Å²) in [6.07, 6.45) is 6.52. The van der Waals surface area contributed by atoms with E-state index in [4.69, 9.17) is 0 Å². The Labute approximate surface area is 118 Å². The Morgan fingerprint density at radius 3 is 2.83 bits per heavy atom. The molecular formula is C10H13N5S3. The Morgan fingerprint density at radius 2 is 2.11 bits per heavy atom. The number of hydrogen-bond acceptors (Lipinski definition) is 8. The van der Waals surface area contributed by atoms with Crippen LogP contribution in [-0.4, -0.2) is 33.0 Å². The largest absolute Gasteiger partial charge is 0.369 e. The molecule has 2 heterocycles. The summed E-state index contributed by atoms with van der Waals surface area (Å²) in [6, 6.07) is 0. The van der Waals surface area contributed by atoms with Crippen molar-refractivity contribution in [3.63, 3.8) is 0 Å². The highest BCUT2D eigenvalue weighted by Gasteiger charge is 2.07. The molecule has 1 N–H and O–H groups in total. The van der Waals surface area contributed by atoms with Gasteiger partial charge in [0.1, 0.15) is 10.8 Å². The molecule has 0 amide bonds. The zero-order chi connectivity index (χ0) is 12.8. The smallest absolute Gasteiger partial charge is 0.181 e. The molecule has 0 atom stereocenters. The van der Waals surface area contributed by atoms with Crippen LogP contribution in [0.25, 0.3) is 0 Å². The van der Waals surface area contributed by atoms with Crippen LogP contribution in [0.5, 0.6) is 0 Å². The lowest BCUT2D eigenvalue weighted by atomic mass is 10.5. The van der Waals surface area contributed by atoms with Crippen LogP contribution in [0.1, 0.15) is 13.3 Å². The van der Waals surface area contributed by atoms with E-state index in [-0.39, 0.29) is 0 Å². The monoisotopic (exact) mass is 299 g/mol. The highest BCUT2D eigenvalue weighted by atomic mass is 32.2. The minimum absolute atomic E-state index is 0.802. The number of thioether (sulfide) groups is 1. The van der Waals surface area contributed by atoms with Crippen LogP contribution in [0.4, 0.5) is 5.82 Å². The van der Waals surface area contributed by atoms with Crippen LogP contribution in [0.3, 0.4) is 0 Å². The lowest BCUT2D eigenvalue weighted by Crippen LogP contribution is -2.02. The van der Waals surface area contributed by atoms with Crippen LogP contribution in [0, 0.1) is 0 Å². The average Bonchev–Trinajstić information content (AvgIpc) is 2.84. The van der Waals surface area contributed by atoms with E-state index in [9.17, 15) is 0 Å². The van der Waals surface area contributed by atoms with Gasteiger partial charge < -0.3 is 5.32 Å². The molecule has 0 radical (unpaired) electrons. The van der Waals surface area contributed by atoms with Crippen molar-refractivity contribution in [3.8, 4) is 0 Å². The topological polar surface area (TPSA) is 63.6 Å². The molecule has 0 bridgehead atoms. The summed E-state index contributed by atoms with van der Waals surface area (Å²) in [5.74, 6) is 0.802.